The van der Waals surface area contributed by atoms with Crippen LogP contribution in [0.1, 0.15) is 38.3 Å². The Morgan fingerprint density at radius 1 is 1.24 bits per heavy atom. The van der Waals surface area contributed by atoms with Gasteiger partial charge in [0.05, 0.1) is 12.6 Å². The third kappa shape index (κ3) is 6.35. The Kier molecular flexibility index (Phi) is 7.64. The molecule has 196 valence electrons. The second-order valence-electron chi connectivity index (χ2n) is 10.1. The Morgan fingerprint density at radius 3 is 2.76 bits per heavy atom. The van der Waals surface area contributed by atoms with E-state index in [1.165, 1.54) is 29.2 Å². The first-order chi connectivity index (χ1) is 17.5. The number of nitrogens with one attached hydrogen (secondary N) is 1. The summed E-state index contributed by atoms with van der Waals surface area (Å²) in [5.74, 6) is -1.13. The Morgan fingerprint density at radius 2 is 2.03 bits per heavy atom. The van der Waals surface area contributed by atoms with Crippen LogP contribution in [0.5, 0.6) is 5.75 Å². The van der Waals surface area contributed by atoms with Crippen molar-refractivity contribution in [1.29, 1.82) is 5.26 Å². The molecule has 2 amide bonds. The molecule has 2 heterocycles. The summed E-state index contributed by atoms with van der Waals surface area (Å²) in [6, 6.07) is 7.97. The molecular formula is C27H29F2N3O5. The van der Waals surface area contributed by atoms with Gasteiger partial charge in [-0.05, 0) is 62.6 Å². The maximum absolute atomic E-state index is 15.0. The van der Waals surface area contributed by atoms with E-state index in [0.717, 1.165) is 0 Å². The summed E-state index contributed by atoms with van der Waals surface area (Å²) in [5.41, 5.74) is 1.29. The summed E-state index contributed by atoms with van der Waals surface area (Å²) >= 11 is 0. The van der Waals surface area contributed by atoms with Crippen LogP contribution in [0.2, 0.25) is 0 Å². The van der Waals surface area contributed by atoms with Gasteiger partial charge in [0.15, 0.2) is 6.10 Å². The average Bonchev–Trinajstić information content (AvgIpc) is 3.09. The number of rotatable bonds is 4. The lowest BCUT2D eigenvalue weighted by Crippen LogP contribution is -2.48. The van der Waals surface area contributed by atoms with E-state index in [4.69, 9.17) is 14.2 Å². The van der Waals surface area contributed by atoms with E-state index in [1.807, 2.05) is 6.07 Å². The van der Waals surface area contributed by atoms with E-state index >= 15 is 4.39 Å². The zero-order valence-electron chi connectivity index (χ0n) is 21.0. The summed E-state index contributed by atoms with van der Waals surface area (Å²) in [5, 5.41) is 12.3. The number of halogens is 2. The molecule has 0 radical (unpaired) electrons. The maximum atomic E-state index is 15.0. The summed E-state index contributed by atoms with van der Waals surface area (Å²) in [7, 11) is 0. The van der Waals surface area contributed by atoms with Crippen molar-refractivity contribution in [2.24, 2.45) is 0 Å². The average molecular weight is 514 g/mol. The lowest BCUT2D eigenvalue weighted by Gasteiger charge is -2.28. The fourth-order valence-corrected chi connectivity index (χ4v) is 4.27. The van der Waals surface area contributed by atoms with Gasteiger partial charge in [0.1, 0.15) is 35.6 Å². The van der Waals surface area contributed by atoms with Crippen molar-refractivity contribution >= 4 is 12.0 Å². The van der Waals surface area contributed by atoms with Gasteiger partial charge in [0, 0.05) is 30.7 Å². The number of hydrogen-bond acceptors (Lipinski definition) is 6. The van der Waals surface area contributed by atoms with Crippen LogP contribution < -0.4 is 10.1 Å². The number of nitrogens with zero attached hydrogens (tertiary/aromatic N) is 2. The zero-order valence-corrected chi connectivity index (χ0v) is 21.0. The standard InChI is InChI=1S/C27H29F2N3O5/c1-27(2,3)37-26(34)32-7-4-8-35-24(14-32)25(33)31-19(13-30)10-16-11-23-21(12-22(16)29)20-6-5-18(28)9-17(20)15-36-23/h5-6,9,11-12,19,24H,4,7-8,10,14-15H2,1-3H3,(H,31,33)/t19-,24-/m0/s1. The smallest absolute Gasteiger partial charge is 0.410 e. The molecule has 0 spiro atoms. The molecule has 2 aliphatic rings. The van der Waals surface area contributed by atoms with Crippen molar-refractivity contribution in [1.82, 2.24) is 10.2 Å². The van der Waals surface area contributed by atoms with Crippen LogP contribution in [-0.4, -0.2) is 54.3 Å². The van der Waals surface area contributed by atoms with E-state index in [0.29, 0.717) is 35.4 Å². The fraction of sp³-hybridized carbons (Fsp3) is 0.444. The van der Waals surface area contributed by atoms with Gasteiger partial charge in [-0.25, -0.2) is 13.6 Å². The molecule has 0 unspecified atom stereocenters. The molecule has 0 aromatic heterocycles. The van der Waals surface area contributed by atoms with Gasteiger partial charge in [0.25, 0.3) is 5.91 Å². The van der Waals surface area contributed by atoms with Crippen molar-refractivity contribution in [3.8, 4) is 22.9 Å². The highest BCUT2D eigenvalue weighted by Crippen LogP contribution is 2.39. The molecular weight excluding hydrogens is 484 g/mol. The monoisotopic (exact) mass is 513 g/mol. The molecule has 2 aromatic rings. The maximum Gasteiger partial charge on any atom is 0.410 e. The van der Waals surface area contributed by atoms with E-state index in [1.54, 1.807) is 26.8 Å². The number of nitriles is 1. The summed E-state index contributed by atoms with van der Waals surface area (Å²) in [6.45, 7) is 6.00. The molecule has 2 atom stereocenters. The van der Waals surface area contributed by atoms with Gasteiger partial charge >= 0.3 is 6.09 Å². The molecule has 2 aliphatic heterocycles. The molecule has 0 saturated carbocycles. The van der Waals surface area contributed by atoms with Crippen molar-refractivity contribution in [3.63, 3.8) is 0 Å². The third-order valence-corrected chi connectivity index (χ3v) is 6.01. The summed E-state index contributed by atoms with van der Waals surface area (Å²) in [6.07, 6.45) is -1.13. The largest absolute Gasteiger partial charge is 0.488 e. The Hall–Kier alpha value is -3.71. The molecule has 0 aliphatic carbocycles. The van der Waals surface area contributed by atoms with Crippen LogP contribution in [0.25, 0.3) is 11.1 Å². The normalized spacial score (nSPS) is 17.8. The van der Waals surface area contributed by atoms with Crippen LogP contribution in [0.15, 0.2) is 30.3 Å². The first kappa shape index (κ1) is 26.4. The topological polar surface area (TPSA) is 101 Å². The minimum atomic E-state index is -1.05. The number of ether oxygens (including phenoxy) is 3. The van der Waals surface area contributed by atoms with E-state index in [-0.39, 0.29) is 31.7 Å². The molecule has 0 bridgehead atoms. The van der Waals surface area contributed by atoms with Gasteiger partial charge in [-0.2, -0.15) is 5.26 Å². The van der Waals surface area contributed by atoms with Gasteiger partial charge in [-0.3, -0.25) is 4.79 Å². The number of carbonyl (C=O) groups excluding carboxylic acids is 2. The van der Waals surface area contributed by atoms with E-state index in [9.17, 15) is 19.2 Å². The van der Waals surface area contributed by atoms with Crippen LogP contribution in [-0.2, 0) is 27.3 Å². The second-order valence-corrected chi connectivity index (χ2v) is 10.1. The number of fused-ring (bicyclic) bond motifs is 3. The molecule has 2 aromatic carbocycles. The number of hydrogen-bond donors (Lipinski definition) is 1. The lowest BCUT2D eigenvalue weighted by atomic mass is 9.94. The van der Waals surface area contributed by atoms with Crippen LogP contribution in [0, 0.1) is 23.0 Å². The van der Waals surface area contributed by atoms with E-state index < -0.39 is 41.4 Å². The first-order valence-electron chi connectivity index (χ1n) is 12.1. The molecule has 1 saturated heterocycles. The van der Waals surface area contributed by atoms with Crippen molar-refractivity contribution in [2.45, 2.75) is 58.0 Å². The summed E-state index contributed by atoms with van der Waals surface area (Å²) in [4.78, 5) is 26.8. The van der Waals surface area contributed by atoms with Crippen LogP contribution >= 0.6 is 0 Å². The zero-order chi connectivity index (χ0) is 26.7. The summed E-state index contributed by atoms with van der Waals surface area (Å²) < 4.78 is 45.3. The highest BCUT2D eigenvalue weighted by atomic mass is 19.1. The quantitative estimate of drug-likeness (QED) is 0.661. The second kappa shape index (κ2) is 10.7. The van der Waals surface area contributed by atoms with Crippen molar-refractivity contribution in [2.75, 3.05) is 19.7 Å². The van der Waals surface area contributed by atoms with Gasteiger partial charge in [0.2, 0.25) is 0 Å². The fourth-order valence-electron chi connectivity index (χ4n) is 4.27. The molecule has 37 heavy (non-hydrogen) atoms. The third-order valence-electron chi connectivity index (χ3n) is 6.01. The van der Waals surface area contributed by atoms with Crippen LogP contribution in [0.3, 0.4) is 0 Å². The van der Waals surface area contributed by atoms with Crippen LogP contribution in [0.4, 0.5) is 13.6 Å². The van der Waals surface area contributed by atoms with Gasteiger partial charge in [-0.1, -0.05) is 6.07 Å². The lowest BCUT2D eigenvalue weighted by molar-refractivity contribution is -0.133. The van der Waals surface area contributed by atoms with Crippen molar-refractivity contribution in [3.05, 3.63) is 53.1 Å². The Balaban J connectivity index is 1.44. The molecule has 4 rings (SSSR count). The first-order valence-corrected chi connectivity index (χ1v) is 12.1. The Labute approximate surface area is 214 Å². The molecule has 1 N–H and O–H groups in total. The minimum absolute atomic E-state index is 0.0278. The SMILES string of the molecule is CC(C)(C)OC(=O)N1CCCO[C@H](C(=O)N[C@H](C#N)Cc2cc3c(cc2F)-c2ccc(F)cc2CO3)C1. The predicted molar refractivity (Wildman–Crippen MR) is 130 cm³/mol. The molecule has 10 heteroatoms. The van der Waals surface area contributed by atoms with Gasteiger partial charge in [-0.15, -0.1) is 0 Å². The highest BCUT2D eigenvalue weighted by Gasteiger charge is 2.31. The molecule has 8 nitrogen and oxygen atoms in total. The molecule has 1 fully saturated rings. The number of amides is 2. The van der Waals surface area contributed by atoms with Gasteiger partial charge < -0.3 is 24.4 Å². The Bertz CT molecular complexity index is 1240. The van der Waals surface area contributed by atoms with Crippen molar-refractivity contribution < 1.29 is 32.6 Å². The number of carbonyl (C=O) groups is 2. The highest BCUT2D eigenvalue weighted by molar-refractivity contribution is 5.82. The predicted octanol–water partition coefficient (Wildman–Crippen LogP) is 4.10. The number of benzene rings is 2. The van der Waals surface area contributed by atoms with E-state index in [2.05, 4.69) is 5.32 Å². The minimum Gasteiger partial charge on any atom is -0.488 e.